The molecule has 0 atom stereocenters. The van der Waals surface area contributed by atoms with Gasteiger partial charge in [0.25, 0.3) is 0 Å². The highest BCUT2D eigenvalue weighted by Gasteiger charge is 2.29. The molecule has 0 radical (unpaired) electrons. The van der Waals surface area contributed by atoms with Crippen molar-refractivity contribution in [3.8, 4) is 0 Å². The lowest BCUT2D eigenvalue weighted by molar-refractivity contribution is -0.133. The summed E-state index contributed by atoms with van der Waals surface area (Å²) < 4.78 is 39.2. The van der Waals surface area contributed by atoms with Crippen LogP contribution in [0, 0.1) is 6.92 Å². The molecule has 9 nitrogen and oxygen atoms in total. The van der Waals surface area contributed by atoms with Crippen molar-refractivity contribution >= 4 is 62.3 Å². The number of nitrogens with zero attached hydrogens (tertiary/aromatic N) is 6. The molecule has 40 heavy (non-hydrogen) atoms. The fourth-order valence-corrected chi connectivity index (χ4v) is 5.79. The molecular weight excluding hydrogens is 613 g/mol. The maximum absolute atomic E-state index is 12.9. The molecule has 218 valence electrons. The van der Waals surface area contributed by atoms with Crippen LogP contribution in [-0.2, 0) is 0 Å². The zero-order chi connectivity index (χ0) is 27.6. The Morgan fingerprint density at radius 2 is 1.77 bits per heavy atom. The number of carbonyl (C=O) groups excluding carboxylic acids is 1. The van der Waals surface area contributed by atoms with Gasteiger partial charge in [0.2, 0.25) is 0 Å². The van der Waals surface area contributed by atoms with E-state index in [1.807, 2.05) is 6.92 Å². The fraction of sp³-hybridized carbons (Fsp3) is 0.538. The van der Waals surface area contributed by atoms with E-state index in [9.17, 15) is 18.0 Å². The Labute approximate surface area is 245 Å². The highest BCUT2D eigenvalue weighted by atomic mass is 79.9. The van der Waals surface area contributed by atoms with E-state index in [-0.39, 0.29) is 12.4 Å². The second-order valence-electron chi connectivity index (χ2n) is 10.1. The molecule has 1 aromatic carbocycles. The topological polar surface area (TPSA) is 93.3 Å². The molecule has 0 unspecified atom stereocenters. The lowest BCUT2D eigenvalue weighted by atomic mass is 10.00. The summed E-state index contributed by atoms with van der Waals surface area (Å²) in [6.45, 7) is 8.43. The summed E-state index contributed by atoms with van der Waals surface area (Å²) in [6.07, 6.45) is -2.13. The average molecular weight is 646 g/mol. The van der Waals surface area contributed by atoms with Crippen LogP contribution >= 0.6 is 28.3 Å². The van der Waals surface area contributed by atoms with Crippen molar-refractivity contribution in [3.05, 3.63) is 34.2 Å². The van der Waals surface area contributed by atoms with Crippen LogP contribution in [0.3, 0.4) is 0 Å². The number of Topliss-reactive ketones (excluding diaryl/α,β-unsaturated/α-hetero) is 1. The first kappa shape index (κ1) is 30.3. The minimum atomic E-state index is -4.37. The van der Waals surface area contributed by atoms with Crippen molar-refractivity contribution in [1.82, 2.24) is 25.1 Å². The molecule has 0 spiro atoms. The number of nitrogens with one attached hydrogen (secondary N) is 2. The van der Waals surface area contributed by atoms with Gasteiger partial charge in [-0.2, -0.15) is 18.3 Å². The second-order valence-corrected chi connectivity index (χ2v) is 10.8. The lowest BCUT2D eigenvalue weighted by Gasteiger charge is -2.38. The van der Waals surface area contributed by atoms with E-state index < -0.39 is 24.8 Å². The first-order chi connectivity index (χ1) is 18.7. The smallest absolute Gasteiger partial charge is 0.383 e. The molecule has 2 aromatic heterocycles. The number of rotatable bonds is 9. The number of alkyl halides is 3. The maximum atomic E-state index is 12.9. The third-order valence-corrected chi connectivity index (χ3v) is 8.07. The van der Waals surface area contributed by atoms with Crippen molar-refractivity contribution in [1.29, 1.82) is 0 Å². The van der Waals surface area contributed by atoms with Crippen molar-refractivity contribution in [2.75, 3.05) is 67.5 Å². The fourth-order valence-electron chi connectivity index (χ4n) is 5.33. The van der Waals surface area contributed by atoms with Gasteiger partial charge in [-0.15, -0.1) is 12.4 Å². The van der Waals surface area contributed by atoms with Gasteiger partial charge in [-0.05, 0) is 66.5 Å². The number of piperazine rings is 1. The predicted molar refractivity (Wildman–Crippen MR) is 156 cm³/mol. The molecule has 4 heterocycles. The lowest BCUT2D eigenvalue weighted by Crippen LogP contribution is -2.47. The Hall–Kier alpha value is -2.64. The predicted octanol–water partition coefficient (Wildman–Crippen LogP) is 5.21. The molecule has 2 fully saturated rings. The van der Waals surface area contributed by atoms with Crippen LogP contribution in [0.4, 0.5) is 30.4 Å². The monoisotopic (exact) mass is 644 g/mol. The van der Waals surface area contributed by atoms with Gasteiger partial charge in [0.05, 0.1) is 11.8 Å². The average Bonchev–Trinajstić information content (AvgIpc) is 3.58. The Morgan fingerprint density at radius 1 is 1.07 bits per heavy atom. The Kier molecular flexibility index (Phi) is 9.78. The van der Waals surface area contributed by atoms with Gasteiger partial charge < -0.3 is 20.0 Å². The zero-order valence-corrected chi connectivity index (χ0v) is 24.6. The van der Waals surface area contributed by atoms with E-state index in [1.54, 1.807) is 12.1 Å². The molecule has 0 aliphatic carbocycles. The molecule has 2 aliphatic heterocycles. The number of likely N-dealkylation sites (tertiary alicyclic amines) is 1. The summed E-state index contributed by atoms with van der Waals surface area (Å²) in [4.78, 5) is 28.3. The third-order valence-electron chi connectivity index (χ3n) is 7.49. The second kappa shape index (κ2) is 12.9. The van der Waals surface area contributed by atoms with Crippen LogP contribution in [0.2, 0.25) is 0 Å². The van der Waals surface area contributed by atoms with Crippen LogP contribution in [0.15, 0.2) is 23.1 Å². The van der Waals surface area contributed by atoms with Gasteiger partial charge in [-0.3, -0.25) is 9.89 Å². The number of ketones is 1. The number of aromatic amines is 1. The number of benzene rings is 1. The molecule has 2 aliphatic rings. The summed E-state index contributed by atoms with van der Waals surface area (Å²) in [5.74, 6) is 0.292. The first-order valence-electron chi connectivity index (χ1n) is 13.2. The molecule has 0 saturated carbocycles. The third kappa shape index (κ3) is 6.98. The Balaban J connectivity index is 0.00000370. The van der Waals surface area contributed by atoms with Crippen LogP contribution in [0.1, 0.15) is 41.6 Å². The molecule has 0 amide bonds. The SMILES string of the molecule is Cc1c(NCCN2CCCC2)cc(C(=O)CCC(F)(F)F)cc1N1CCN(c2ncnc3[nH]nc(Br)c23)CC1.Cl. The quantitative estimate of drug-likeness (QED) is 0.307. The summed E-state index contributed by atoms with van der Waals surface area (Å²) in [5, 5.41) is 11.4. The Morgan fingerprint density at radius 3 is 2.48 bits per heavy atom. The van der Waals surface area contributed by atoms with Crippen molar-refractivity contribution in [2.24, 2.45) is 0 Å². The van der Waals surface area contributed by atoms with Gasteiger partial charge in [-0.25, -0.2) is 9.97 Å². The van der Waals surface area contributed by atoms with Crippen molar-refractivity contribution in [2.45, 2.75) is 38.8 Å². The number of hydrogen-bond acceptors (Lipinski definition) is 8. The number of hydrogen-bond donors (Lipinski definition) is 2. The highest BCUT2D eigenvalue weighted by molar-refractivity contribution is 9.10. The summed E-state index contributed by atoms with van der Waals surface area (Å²) in [6, 6.07) is 3.47. The van der Waals surface area contributed by atoms with Gasteiger partial charge in [0.15, 0.2) is 11.4 Å². The normalized spacial score (nSPS) is 16.4. The highest BCUT2D eigenvalue weighted by Crippen LogP contribution is 2.33. The largest absolute Gasteiger partial charge is 0.389 e. The molecule has 14 heteroatoms. The molecule has 2 saturated heterocycles. The van der Waals surface area contributed by atoms with Gasteiger partial charge in [0.1, 0.15) is 16.7 Å². The zero-order valence-electron chi connectivity index (χ0n) is 22.2. The van der Waals surface area contributed by atoms with E-state index >= 15 is 0 Å². The van der Waals surface area contributed by atoms with Gasteiger partial charge >= 0.3 is 6.18 Å². The molecular formula is C26H33BrClF3N8O. The van der Waals surface area contributed by atoms with Crippen LogP contribution < -0.4 is 15.1 Å². The van der Waals surface area contributed by atoms with Gasteiger partial charge in [-0.1, -0.05) is 0 Å². The number of anilines is 3. The first-order valence-corrected chi connectivity index (χ1v) is 14.0. The van der Waals surface area contributed by atoms with E-state index in [4.69, 9.17) is 0 Å². The number of H-pyrrole nitrogens is 1. The molecule has 5 rings (SSSR count). The minimum absolute atomic E-state index is 0. The molecule has 2 N–H and O–H groups in total. The van der Waals surface area contributed by atoms with Crippen LogP contribution in [0.5, 0.6) is 0 Å². The number of fused-ring (bicyclic) bond motifs is 1. The molecule has 0 bridgehead atoms. The summed E-state index contributed by atoms with van der Waals surface area (Å²) in [7, 11) is 0. The maximum Gasteiger partial charge on any atom is 0.389 e. The van der Waals surface area contributed by atoms with Crippen LogP contribution in [-0.4, -0.2) is 89.4 Å². The number of halogens is 5. The van der Waals surface area contributed by atoms with E-state index in [1.165, 1.54) is 19.2 Å². The number of carbonyl (C=O) groups is 1. The van der Waals surface area contributed by atoms with Crippen molar-refractivity contribution < 1.29 is 18.0 Å². The van der Waals surface area contributed by atoms with E-state index in [0.29, 0.717) is 48.5 Å². The minimum Gasteiger partial charge on any atom is -0.383 e. The van der Waals surface area contributed by atoms with Gasteiger partial charge in [0, 0.05) is 62.6 Å². The molecule has 3 aromatic rings. The Bertz CT molecular complexity index is 1320. The van der Waals surface area contributed by atoms with Crippen LogP contribution in [0.25, 0.3) is 11.0 Å². The number of aromatic nitrogens is 4. The summed E-state index contributed by atoms with van der Waals surface area (Å²) >= 11 is 3.47. The van der Waals surface area contributed by atoms with E-state index in [0.717, 1.165) is 47.8 Å². The van der Waals surface area contributed by atoms with Crippen molar-refractivity contribution in [3.63, 3.8) is 0 Å². The van der Waals surface area contributed by atoms with E-state index in [2.05, 4.69) is 56.1 Å². The standard InChI is InChI=1S/C26H32BrF3N8O.ClH/c1-17-19(31-6-9-36-7-2-3-8-36)14-18(21(39)4-5-26(28,29)30)15-20(17)37-10-12-38(13-11-37)25-22-23(27)34-35-24(22)32-16-33-25;/h14-16,31H,2-13H2,1H3,(H,32,33,34,35);1H. The summed E-state index contributed by atoms with van der Waals surface area (Å²) in [5.41, 5.74) is 3.61.